The molecule has 4 nitrogen and oxygen atoms in total. The molecule has 2 aromatic rings. The van der Waals surface area contributed by atoms with Gasteiger partial charge in [-0.2, -0.15) is 0 Å². The molecular formula is C15H12ClFN2O2S. The molecule has 7 heteroatoms. The molecule has 1 aliphatic carbocycles. The molecule has 114 valence electrons. The number of esters is 1. The van der Waals surface area contributed by atoms with Gasteiger partial charge in [0.2, 0.25) is 0 Å². The summed E-state index contributed by atoms with van der Waals surface area (Å²) in [6.07, 6.45) is 4.48. The Morgan fingerprint density at radius 2 is 2.36 bits per heavy atom. The van der Waals surface area contributed by atoms with Crippen molar-refractivity contribution in [2.24, 2.45) is 0 Å². The van der Waals surface area contributed by atoms with Crippen LogP contribution >= 0.6 is 22.9 Å². The number of ether oxygens (including phenoxy) is 1. The fraction of sp³-hybridized carbons (Fsp3) is 0.267. The van der Waals surface area contributed by atoms with Gasteiger partial charge >= 0.3 is 5.97 Å². The number of carbonyl (C=O) groups excluding carboxylic acids is 1. The Labute approximate surface area is 135 Å². The second-order valence-corrected chi connectivity index (χ2v) is 6.09. The average Bonchev–Trinajstić information content (AvgIpc) is 2.94. The predicted molar refractivity (Wildman–Crippen MR) is 85.0 cm³/mol. The maximum Gasteiger partial charge on any atom is 0.360 e. The van der Waals surface area contributed by atoms with Gasteiger partial charge in [-0.05, 0) is 24.6 Å². The van der Waals surface area contributed by atoms with E-state index >= 15 is 0 Å². The lowest BCUT2D eigenvalue weighted by Crippen LogP contribution is -2.08. The standard InChI is InChI=1S/C15H12ClFN2O2S/c1-2-21-15(20)12-13-10(14(16)19-18-12)7-11(22-13)8-3-5-9(17)6-4-8/h3-5,7,9H,2,6H2,1H3. The zero-order valence-corrected chi connectivity index (χ0v) is 13.2. The summed E-state index contributed by atoms with van der Waals surface area (Å²) in [5, 5.41) is 8.54. The summed E-state index contributed by atoms with van der Waals surface area (Å²) >= 11 is 7.44. The Hall–Kier alpha value is -1.79. The third-order valence-corrected chi connectivity index (χ3v) is 4.68. The molecule has 0 fully saturated rings. The zero-order chi connectivity index (χ0) is 15.7. The third kappa shape index (κ3) is 2.76. The number of hydrogen-bond donors (Lipinski definition) is 0. The van der Waals surface area contributed by atoms with E-state index in [0.717, 1.165) is 10.5 Å². The normalized spacial score (nSPS) is 17.6. The number of halogens is 2. The number of allylic oxidation sites excluding steroid dienone is 4. The highest BCUT2D eigenvalue weighted by atomic mass is 35.5. The first kappa shape index (κ1) is 15.1. The van der Waals surface area contributed by atoms with Crippen LogP contribution in [0.25, 0.3) is 15.7 Å². The van der Waals surface area contributed by atoms with Crippen molar-refractivity contribution in [3.8, 4) is 0 Å². The van der Waals surface area contributed by atoms with Gasteiger partial charge in [0.25, 0.3) is 0 Å². The van der Waals surface area contributed by atoms with Crippen LogP contribution in [-0.4, -0.2) is 28.9 Å². The molecule has 2 aromatic heterocycles. The van der Waals surface area contributed by atoms with E-state index < -0.39 is 12.1 Å². The summed E-state index contributed by atoms with van der Waals surface area (Å²) < 4.78 is 18.8. The Morgan fingerprint density at radius 3 is 3.05 bits per heavy atom. The lowest BCUT2D eigenvalue weighted by Gasteiger charge is -2.07. The van der Waals surface area contributed by atoms with Crippen molar-refractivity contribution in [3.63, 3.8) is 0 Å². The molecule has 0 aliphatic heterocycles. The molecule has 0 aromatic carbocycles. The second-order valence-electron chi connectivity index (χ2n) is 4.68. The number of aromatic nitrogens is 2. The maximum absolute atomic E-state index is 13.2. The van der Waals surface area contributed by atoms with E-state index in [9.17, 15) is 9.18 Å². The third-order valence-electron chi connectivity index (χ3n) is 3.21. The van der Waals surface area contributed by atoms with Gasteiger partial charge in [0.15, 0.2) is 10.8 Å². The van der Waals surface area contributed by atoms with Crippen LogP contribution in [0.2, 0.25) is 5.15 Å². The minimum absolute atomic E-state index is 0.154. The van der Waals surface area contributed by atoms with Gasteiger partial charge in [0, 0.05) is 16.7 Å². The first-order chi connectivity index (χ1) is 10.6. The van der Waals surface area contributed by atoms with Gasteiger partial charge in [-0.1, -0.05) is 23.8 Å². The highest BCUT2D eigenvalue weighted by molar-refractivity contribution is 7.20. The molecular weight excluding hydrogens is 327 g/mol. The Bertz CT molecular complexity index is 800. The number of fused-ring (bicyclic) bond motifs is 1. The number of nitrogens with zero attached hydrogens (tertiary/aromatic N) is 2. The lowest BCUT2D eigenvalue weighted by molar-refractivity contribution is 0.0521. The molecule has 3 rings (SSSR count). The van der Waals surface area contributed by atoms with Crippen LogP contribution in [0.15, 0.2) is 24.3 Å². The maximum atomic E-state index is 13.2. The number of thiophene rings is 1. The first-order valence-electron chi connectivity index (χ1n) is 6.75. The van der Waals surface area contributed by atoms with Crippen LogP contribution in [0.4, 0.5) is 4.39 Å². The van der Waals surface area contributed by atoms with Crippen LogP contribution in [0.5, 0.6) is 0 Å². The summed E-state index contributed by atoms with van der Waals surface area (Å²) in [4.78, 5) is 12.8. The van der Waals surface area contributed by atoms with Gasteiger partial charge in [0.05, 0.1) is 11.3 Å². The SMILES string of the molecule is CCOC(=O)c1nnc(Cl)c2cc(C3=CCC(F)C=C3)sc12. The molecule has 1 atom stereocenters. The van der Waals surface area contributed by atoms with Crippen molar-refractivity contribution in [1.29, 1.82) is 0 Å². The lowest BCUT2D eigenvalue weighted by atomic mass is 10.0. The van der Waals surface area contributed by atoms with E-state index in [1.165, 1.54) is 17.4 Å². The molecule has 0 bridgehead atoms. The molecule has 1 unspecified atom stereocenters. The van der Waals surface area contributed by atoms with E-state index in [0.29, 0.717) is 16.5 Å². The minimum Gasteiger partial charge on any atom is -0.461 e. The van der Waals surface area contributed by atoms with E-state index in [2.05, 4.69) is 10.2 Å². The quantitative estimate of drug-likeness (QED) is 0.787. The first-order valence-corrected chi connectivity index (χ1v) is 7.95. The average molecular weight is 339 g/mol. The van der Waals surface area contributed by atoms with E-state index in [1.54, 1.807) is 13.0 Å². The number of carbonyl (C=O) groups is 1. The molecule has 0 N–H and O–H groups in total. The van der Waals surface area contributed by atoms with Crippen molar-refractivity contribution in [2.75, 3.05) is 6.61 Å². The van der Waals surface area contributed by atoms with Crippen molar-refractivity contribution < 1.29 is 13.9 Å². The van der Waals surface area contributed by atoms with E-state index in [1.807, 2.05) is 12.1 Å². The zero-order valence-electron chi connectivity index (χ0n) is 11.7. The Balaban J connectivity index is 2.09. The summed E-state index contributed by atoms with van der Waals surface area (Å²) in [5.41, 5.74) is 1.06. The van der Waals surface area contributed by atoms with Gasteiger partial charge in [-0.25, -0.2) is 9.18 Å². The fourth-order valence-corrected chi connectivity index (χ4v) is 3.56. The number of alkyl halides is 1. The Kier molecular flexibility index (Phi) is 4.22. The van der Waals surface area contributed by atoms with E-state index in [4.69, 9.17) is 16.3 Å². The van der Waals surface area contributed by atoms with Crippen molar-refractivity contribution in [2.45, 2.75) is 19.5 Å². The summed E-state index contributed by atoms with van der Waals surface area (Å²) in [6, 6.07) is 1.84. The van der Waals surface area contributed by atoms with Gasteiger partial charge in [-0.3, -0.25) is 0 Å². The summed E-state index contributed by atoms with van der Waals surface area (Å²) in [5.74, 6) is -0.526. The van der Waals surface area contributed by atoms with Crippen LogP contribution in [0, 0.1) is 0 Å². The van der Waals surface area contributed by atoms with Crippen LogP contribution in [-0.2, 0) is 4.74 Å². The molecule has 0 radical (unpaired) electrons. The van der Waals surface area contributed by atoms with Gasteiger partial charge < -0.3 is 4.74 Å². The van der Waals surface area contributed by atoms with Gasteiger partial charge in [-0.15, -0.1) is 21.5 Å². The Morgan fingerprint density at radius 1 is 1.55 bits per heavy atom. The van der Waals surface area contributed by atoms with Crippen molar-refractivity contribution in [3.05, 3.63) is 40.0 Å². The summed E-state index contributed by atoms with van der Waals surface area (Å²) in [7, 11) is 0. The molecule has 0 saturated heterocycles. The largest absolute Gasteiger partial charge is 0.461 e. The molecule has 2 heterocycles. The summed E-state index contributed by atoms with van der Waals surface area (Å²) in [6.45, 7) is 1.98. The molecule has 0 saturated carbocycles. The second kappa shape index (κ2) is 6.14. The molecule has 1 aliphatic rings. The monoisotopic (exact) mass is 338 g/mol. The number of hydrogen-bond acceptors (Lipinski definition) is 5. The fourth-order valence-electron chi connectivity index (χ4n) is 2.17. The molecule has 22 heavy (non-hydrogen) atoms. The highest BCUT2D eigenvalue weighted by Gasteiger charge is 2.20. The van der Waals surface area contributed by atoms with Crippen LogP contribution in [0.3, 0.4) is 0 Å². The smallest absolute Gasteiger partial charge is 0.360 e. The van der Waals surface area contributed by atoms with Crippen LogP contribution < -0.4 is 0 Å². The highest BCUT2D eigenvalue weighted by Crippen LogP contribution is 2.36. The van der Waals surface area contributed by atoms with Crippen molar-refractivity contribution in [1.82, 2.24) is 10.2 Å². The van der Waals surface area contributed by atoms with E-state index in [-0.39, 0.29) is 17.5 Å². The van der Waals surface area contributed by atoms with Gasteiger partial charge in [0.1, 0.15) is 6.17 Å². The minimum atomic E-state index is -0.944. The number of rotatable bonds is 3. The topological polar surface area (TPSA) is 52.1 Å². The molecule has 0 amide bonds. The predicted octanol–water partition coefficient (Wildman–Crippen LogP) is 4.20. The van der Waals surface area contributed by atoms with Crippen LogP contribution in [0.1, 0.15) is 28.7 Å². The molecule has 0 spiro atoms. The van der Waals surface area contributed by atoms with Crippen molar-refractivity contribution >= 4 is 44.6 Å².